The Morgan fingerprint density at radius 2 is 2.21 bits per heavy atom. The predicted octanol–water partition coefficient (Wildman–Crippen LogP) is 2.60. The van der Waals surface area contributed by atoms with Crippen molar-refractivity contribution in [3.05, 3.63) is 29.3 Å². The molecule has 0 aliphatic carbocycles. The van der Waals surface area contributed by atoms with E-state index in [-0.39, 0.29) is 5.78 Å². The molecule has 1 rings (SSSR count). The van der Waals surface area contributed by atoms with Crippen molar-refractivity contribution in [1.29, 1.82) is 0 Å². The van der Waals surface area contributed by atoms with Gasteiger partial charge in [-0.2, -0.15) is 0 Å². The van der Waals surface area contributed by atoms with Gasteiger partial charge in [0.1, 0.15) is 0 Å². The number of aldehydes is 1. The topological polar surface area (TPSA) is 34.1 Å². The number of ketones is 1. The van der Waals surface area contributed by atoms with Gasteiger partial charge in [-0.15, -0.1) is 24.2 Å². The lowest BCUT2D eigenvalue weighted by atomic mass is 10.1. The highest BCUT2D eigenvalue weighted by Crippen LogP contribution is 2.16. The third kappa shape index (κ3) is 2.36. The number of rotatable bonds is 3. The summed E-state index contributed by atoms with van der Waals surface area (Å²) in [5.41, 5.74) is 0.837. The molecule has 1 aromatic carbocycles. The molecule has 4 heteroatoms. The molecule has 2 nitrogen and oxygen atoms in total. The smallest absolute Gasteiger partial charge is 0.180 e. The third-order valence-corrected chi connectivity index (χ3v) is 2.41. The molecule has 0 saturated carbocycles. The molecule has 0 aliphatic heterocycles. The highest BCUT2D eigenvalue weighted by molar-refractivity contribution is 7.80. The SMILES string of the molecule is CC(Cl)C(=O)c1ccc(S)c(C=O)c1. The molecule has 0 N–H and O–H groups in total. The van der Waals surface area contributed by atoms with E-state index in [9.17, 15) is 9.59 Å². The van der Waals surface area contributed by atoms with Crippen molar-refractivity contribution in [2.45, 2.75) is 17.2 Å². The van der Waals surface area contributed by atoms with Crippen molar-refractivity contribution in [3.63, 3.8) is 0 Å². The van der Waals surface area contributed by atoms with Crippen LogP contribution < -0.4 is 0 Å². The predicted molar refractivity (Wildman–Crippen MR) is 58.7 cm³/mol. The average molecular weight is 229 g/mol. The minimum absolute atomic E-state index is 0.192. The summed E-state index contributed by atoms with van der Waals surface area (Å²) in [4.78, 5) is 22.6. The largest absolute Gasteiger partial charge is 0.298 e. The number of carbonyl (C=O) groups is 2. The molecule has 1 aromatic rings. The first-order valence-corrected chi connectivity index (χ1v) is 4.91. The van der Waals surface area contributed by atoms with Gasteiger partial charge in [-0.3, -0.25) is 9.59 Å². The maximum Gasteiger partial charge on any atom is 0.180 e. The summed E-state index contributed by atoms with van der Waals surface area (Å²) < 4.78 is 0. The summed E-state index contributed by atoms with van der Waals surface area (Å²) in [5.74, 6) is -0.192. The van der Waals surface area contributed by atoms with Crippen LogP contribution in [0.3, 0.4) is 0 Å². The standard InChI is InChI=1S/C10H9ClO2S/c1-6(11)10(13)7-2-3-9(14)8(4-7)5-12/h2-6,14H,1H3. The van der Waals surface area contributed by atoms with Gasteiger partial charge in [0, 0.05) is 16.0 Å². The maximum atomic E-state index is 11.5. The first-order chi connectivity index (χ1) is 6.56. The molecule has 0 aromatic heterocycles. The molecule has 1 atom stereocenters. The van der Waals surface area contributed by atoms with Crippen LogP contribution in [-0.4, -0.2) is 17.4 Å². The first kappa shape index (κ1) is 11.3. The Hall–Kier alpha value is -0.800. The van der Waals surface area contributed by atoms with Crippen molar-refractivity contribution in [3.8, 4) is 0 Å². The van der Waals surface area contributed by atoms with Gasteiger partial charge in [0.2, 0.25) is 0 Å². The zero-order valence-electron chi connectivity index (χ0n) is 7.53. The molecule has 0 amide bonds. The van der Waals surface area contributed by atoms with Gasteiger partial charge in [-0.25, -0.2) is 0 Å². The Kier molecular flexibility index (Phi) is 3.72. The molecule has 0 saturated heterocycles. The lowest BCUT2D eigenvalue weighted by Gasteiger charge is -2.04. The maximum absolute atomic E-state index is 11.5. The second kappa shape index (κ2) is 4.62. The fourth-order valence-corrected chi connectivity index (χ4v) is 1.35. The Bertz CT molecular complexity index is 374. The van der Waals surface area contributed by atoms with Gasteiger partial charge in [-0.05, 0) is 19.1 Å². The van der Waals surface area contributed by atoms with Gasteiger partial charge < -0.3 is 0 Å². The van der Waals surface area contributed by atoms with E-state index in [1.54, 1.807) is 19.1 Å². The first-order valence-electron chi connectivity index (χ1n) is 4.02. The molecule has 0 radical (unpaired) electrons. The number of hydrogen-bond donors (Lipinski definition) is 1. The molecule has 0 bridgehead atoms. The van der Waals surface area contributed by atoms with Gasteiger partial charge in [0.25, 0.3) is 0 Å². The lowest BCUT2D eigenvalue weighted by molar-refractivity contribution is 0.0991. The van der Waals surface area contributed by atoms with Crippen LogP contribution in [0, 0.1) is 0 Å². The highest BCUT2D eigenvalue weighted by atomic mass is 35.5. The minimum atomic E-state index is -0.583. The number of hydrogen-bond acceptors (Lipinski definition) is 3. The van der Waals surface area contributed by atoms with Gasteiger partial charge in [0.15, 0.2) is 12.1 Å². The van der Waals surface area contributed by atoms with Crippen LogP contribution in [0.4, 0.5) is 0 Å². The Morgan fingerprint density at radius 1 is 1.57 bits per heavy atom. The van der Waals surface area contributed by atoms with Crippen molar-refractivity contribution in [2.75, 3.05) is 0 Å². The van der Waals surface area contributed by atoms with E-state index in [4.69, 9.17) is 11.6 Å². The van der Waals surface area contributed by atoms with E-state index in [1.807, 2.05) is 0 Å². The number of alkyl halides is 1. The van der Waals surface area contributed by atoms with Gasteiger partial charge in [-0.1, -0.05) is 6.07 Å². The summed E-state index contributed by atoms with van der Waals surface area (Å²) in [5, 5.41) is -0.583. The molecule has 1 unspecified atom stereocenters. The Morgan fingerprint density at radius 3 is 2.71 bits per heavy atom. The second-order valence-electron chi connectivity index (χ2n) is 2.87. The number of benzene rings is 1. The summed E-state index contributed by atoms with van der Waals surface area (Å²) in [7, 11) is 0. The molecular formula is C10H9ClO2S. The highest BCUT2D eigenvalue weighted by Gasteiger charge is 2.13. The summed E-state index contributed by atoms with van der Waals surface area (Å²) >= 11 is 9.71. The van der Waals surface area contributed by atoms with Gasteiger partial charge in [0.05, 0.1) is 5.38 Å². The molecule has 0 aliphatic rings. The van der Waals surface area contributed by atoms with Crippen molar-refractivity contribution >= 4 is 36.3 Å². The number of Topliss-reactive ketones (excluding diaryl/α,β-unsaturated/α-hetero) is 1. The minimum Gasteiger partial charge on any atom is -0.298 e. The van der Waals surface area contributed by atoms with E-state index >= 15 is 0 Å². The van der Waals surface area contributed by atoms with Crippen LogP contribution in [0.2, 0.25) is 0 Å². The summed E-state index contributed by atoms with van der Waals surface area (Å²) in [6.07, 6.45) is 0.665. The fraction of sp³-hybridized carbons (Fsp3) is 0.200. The van der Waals surface area contributed by atoms with Crippen LogP contribution in [0.15, 0.2) is 23.1 Å². The molecule has 0 heterocycles. The van der Waals surface area contributed by atoms with Crippen LogP contribution >= 0.6 is 24.2 Å². The molecule has 0 fully saturated rings. The van der Waals surface area contributed by atoms with Crippen molar-refractivity contribution < 1.29 is 9.59 Å². The zero-order valence-corrected chi connectivity index (χ0v) is 9.18. The van der Waals surface area contributed by atoms with Crippen LogP contribution in [0.25, 0.3) is 0 Å². The normalized spacial score (nSPS) is 12.2. The average Bonchev–Trinajstić information content (AvgIpc) is 2.17. The van der Waals surface area contributed by atoms with Gasteiger partial charge >= 0.3 is 0 Å². The van der Waals surface area contributed by atoms with E-state index in [2.05, 4.69) is 12.6 Å². The zero-order chi connectivity index (χ0) is 10.7. The van der Waals surface area contributed by atoms with Crippen LogP contribution in [0.5, 0.6) is 0 Å². The second-order valence-corrected chi connectivity index (χ2v) is 4.01. The van der Waals surface area contributed by atoms with E-state index < -0.39 is 5.38 Å². The molecule has 14 heavy (non-hydrogen) atoms. The number of carbonyl (C=O) groups excluding carboxylic acids is 2. The summed E-state index contributed by atoms with van der Waals surface area (Å²) in [6.45, 7) is 1.60. The fourth-order valence-electron chi connectivity index (χ4n) is 1.03. The Labute approximate surface area is 92.7 Å². The monoisotopic (exact) mass is 228 g/mol. The third-order valence-electron chi connectivity index (χ3n) is 1.80. The van der Waals surface area contributed by atoms with Crippen LogP contribution in [-0.2, 0) is 0 Å². The summed E-state index contributed by atoms with van der Waals surface area (Å²) in [6, 6.07) is 4.71. The van der Waals surface area contributed by atoms with E-state index in [0.29, 0.717) is 22.3 Å². The number of halogens is 1. The van der Waals surface area contributed by atoms with Crippen molar-refractivity contribution in [2.24, 2.45) is 0 Å². The van der Waals surface area contributed by atoms with E-state index in [1.165, 1.54) is 6.07 Å². The molecular weight excluding hydrogens is 220 g/mol. The lowest BCUT2D eigenvalue weighted by Crippen LogP contribution is -2.10. The van der Waals surface area contributed by atoms with E-state index in [0.717, 1.165) is 0 Å². The molecule has 74 valence electrons. The quantitative estimate of drug-likeness (QED) is 0.374. The van der Waals surface area contributed by atoms with Crippen molar-refractivity contribution in [1.82, 2.24) is 0 Å². The van der Waals surface area contributed by atoms with Crippen LogP contribution in [0.1, 0.15) is 27.6 Å². The number of thiol groups is 1. The Balaban J connectivity index is 3.12. The molecule has 0 spiro atoms.